The van der Waals surface area contributed by atoms with Gasteiger partial charge in [-0.3, -0.25) is 4.99 Å². The number of hydrogen-bond donors (Lipinski definition) is 1. The van der Waals surface area contributed by atoms with Gasteiger partial charge in [0.25, 0.3) is 6.02 Å². The van der Waals surface area contributed by atoms with Crippen molar-refractivity contribution in [3.05, 3.63) is 59.8 Å². The van der Waals surface area contributed by atoms with Gasteiger partial charge in [0, 0.05) is 18.0 Å². The van der Waals surface area contributed by atoms with E-state index in [1.807, 2.05) is 24.4 Å². The van der Waals surface area contributed by atoms with Crippen LogP contribution in [0.1, 0.15) is 30.4 Å². The molecule has 6 nitrogen and oxygen atoms in total. The van der Waals surface area contributed by atoms with Crippen LogP contribution in [-0.4, -0.2) is 37.7 Å². The minimum Gasteiger partial charge on any atom is -0.486 e. The van der Waals surface area contributed by atoms with E-state index in [2.05, 4.69) is 29.3 Å². The average molecular weight is 389 g/mol. The molecule has 0 aromatic heterocycles. The molecule has 6 rings (SSSR count). The number of fused-ring (bicyclic) bond motifs is 4. The monoisotopic (exact) mass is 389 g/mol. The maximum Gasteiger partial charge on any atom is 0.283 e. The fourth-order valence-corrected chi connectivity index (χ4v) is 5.43. The normalized spacial score (nSPS) is 32.0. The second-order valence-electron chi connectivity index (χ2n) is 8.46. The summed E-state index contributed by atoms with van der Waals surface area (Å²) in [7, 11) is 0. The third-order valence-electron chi connectivity index (χ3n) is 7.20. The number of ether oxygens (including phenoxy) is 3. The predicted molar refractivity (Wildman–Crippen MR) is 111 cm³/mol. The van der Waals surface area contributed by atoms with Crippen molar-refractivity contribution in [1.82, 2.24) is 0 Å². The van der Waals surface area contributed by atoms with Crippen LogP contribution in [0.3, 0.4) is 0 Å². The molecular weight excluding hydrogens is 366 g/mol. The van der Waals surface area contributed by atoms with Crippen LogP contribution in [-0.2, 0) is 15.0 Å². The number of hydrogen-bond acceptors (Lipinski definition) is 6. The highest BCUT2D eigenvalue weighted by atomic mass is 16.5. The molecule has 1 unspecified atom stereocenters. The highest BCUT2D eigenvalue weighted by Gasteiger charge is 2.75. The van der Waals surface area contributed by atoms with Gasteiger partial charge in [0.2, 0.25) is 0 Å². The van der Waals surface area contributed by atoms with Gasteiger partial charge < -0.3 is 19.9 Å². The zero-order chi connectivity index (χ0) is 19.5. The van der Waals surface area contributed by atoms with Crippen LogP contribution in [0.25, 0.3) is 5.57 Å². The topological polar surface area (TPSA) is 78.4 Å². The zero-order valence-electron chi connectivity index (χ0n) is 16.1. The van der Waals surface area contributed by atoms with Crippen molar-refractivity contribution in [1.29, 1.82) is 0 Å². The average Bonchev–Trinajstić information content (AvgIpc) is 3.01. The van der Waals surface area contributed by atoms with E-state index < -0.39 is 5.54 Å². The molecule has 4 heterocycles. The van der Waals surface area contributed by atoms with E-state index >= 15 is 0 Å². The molecule has 1 saturated heterocycles. The Bertz CT molecular complexity index is 1030. The number of aliphatic imine (C=N–C) groups is 2. The van der Waals surface area contributed by atoms with Crippen molar-refractivity contribution in [2.45, 2.75) is 30.4 Å². The Balaban J connectivity index is 1.54. The quantitative estimate of drug-likeness (QED) is 0.801. The minimum atomic E-state index is -0.575. The van der Waals surface area contributed by atoms with Crippen LogP contribution in [0.5, 0.6) is 5.75 Å². The molecule has 0 radical (unpaired) electrons. The largest absolute Gasteiger partial charge is 0.486 e. The number of benzene rings is 1. The van der Waals surface area contributed by atoms with Crippen molar-refractivity contribution in [2.24, 2.45) is 21.1 Å². The highest BCUT2D eigenvalue weighted by molar-refractivity contribution is 6.10. The van der Waals surface area contributed by atoms with Crippen LogP contribution in [0.2, 0.25) is 0 Å². The summed E-state index contributed by atoms with van der Waals surface area (Å²) in [6.45, 7) is 1.67. The van der Waals surface area contributed by atoms with Crippen molar-refractivity contribution in [2.75, 3.05) is 19.8 Å². The second kappa shape index (κ2) is 5.83. The molecular formula is C23H23N3O3. The van der Waals surface area contributed by atoms with E-state index in [0.29, 0.717) is 19.8 Å². The zero-order valence-corrected chi connectivity index (χ0v) is 16.1. The van der Waals surface area contributed by atoms with Crippen LogP contribution in [0.15, 0.2) is 58.7 Å². The van der Waals surface area contributed by atoms with Gasteiger partial charge in [0.15, 0.2) is 0 Å². The second-order valence-corrected chi connectivity index (χ2v) is 8.46. The van der Waals surface area contributed by atoms with E-state index in [9.17, 15) is 0 Å². The summed E-state index contributed by atoms with van der Waals surface area (Å²) in [5, 5.41) is 0. The van der Waals surface area contributed by atoms with Gasteiger partial charge in [-0.05, 0) is 48.6 Å². The van der Waals surface area contributed by atoms with Crippen LogP contribution < -0.4 is 10.5 Å². The molecule has 1 atom stereocenters. The first kappa shape index (κ1) is 17.0. The van der Waals surface area contributed by atoms with Crippen LogP contribution >= 0.6 is 0 Å². The van der Waals surface area contributed by atoms with Gasteiger partial charge in [-0.1, -0.05) is 24.3 Å². The van der Waals surface area contributed by atoms with Gasteiger partial charge in [-0.15, -0.1) is 0 Å². The van der Waals surface area contributed by atoms with Crippen molar-refractivity contribution in [3.63, 3.8) is 0 Å². The third-order valence-corrected chi connectivity index (χ3v) is 7.20. The lowest BCUT2D eigenvalue weighted by molar-refractivity contribution is -0.281. The number of nitrogens with zero attached hydrogens (tertiary/aromatic N) is 2. The summed E-state index contributed by atoms with van der Waals surface area (Å²) < 4.78 is 18.2. The standard InChI is InChI=1S/C23H23N3O3/c24-20-26-23(15-28-20)18-11-16(17-5-2-1-3-10-25-12-17)6-7-19(18)29-22(8-4-9-22)21(23)13-27-14-21/h1-3,5-7,10-12H,4,8-9,13-15H2,(H2,24,26)/b2-1+,3-1?,5-2?,10-3+,17-5?,17-12?,25-10?,25-12?. The van der Waals surface area contributed by atoms with Gasteiger partial charge in [0.1, 0.15) is 23.5 Å². The molecule has 6 heteroatoms. The molecule has 5 aliphatic rings. The van der Waals surface area contributed by atoms with Crippen molar-refractivity contribution in [3.8, 4) is 5.75 Å². The molecule has 0 bridgehead atoms. The molecule has 1 aromatic rings. The Morgan fingerprint density at radius 3 is 2.62 bits per heavy atom. The number of amidine groups is 1. The summed E-state index contributed by atoms with van der Waals surface area (Å²) in [6, 6.07) is 6.58. The summed E-state index contributed by atoms with van der Waals surface area (Å²) in [5.74, 6) is 0.881. The maximum atomic E-state index is 6.70. The predicted octanol–water partition coefficient (Wildman–Crippen LogP) is 3.10. The van der Waals surface area contributed by atoms with Crippen LogP contribution in [0, 0.1) is 5.41 Å². The SMILES string of the molecule is NC1=NC2(CO1)c1cc(C3=C/C=C/C=C/N=C3)ccc1OC1(CCC1)C21COC1. The van der Waals surface area contributed by atoms with E-state index in [1.54, 1.807) is 6.20 Å². The molecule has 1 saturated carbocycles. The Kier molecular flexibility index (Phi) is 3.42. The first-order valence-corrected chi connectivity index (χ1v) is 10.1. The smallest absolute Gasteiger partial charge is 0.283 e. The molecule has 4 aliphatic heterocycles. The lowest BCUT2D eigenvalue weighted by Crippen LogP contribution is -2.75. The Morgan fingerprint density at radius 2 is 1.93 bits per heavy atom. The molecule has 29 heavy (non-hydrogen) atoms. The molecule has 0 amide bonds. The summed E-state index contributed by atoms with van der Waals surface area (Å²) in [5.41, 5.74) is 8.13. The third kappa shape index (κ3) is 2.10. The fraction of sp³-hybridized carbons (Fsp3) is 0.391. The lowest BCUT2D eigenvalue weighted by Gasteiger charge is -2.66. The van der Waals surface area contributed by atoms with Gasteiger partial charge >= 0.3 is 0 Å². The molecule has 2 N–H and O–H groups in total. The molecule has 2 fully saturated rings. The van der Waals surface area contributed by atoms with Crippen LogP contribution in [0.4, 0.5) is 0 Å². The maximum absolute atomic E-state index is 6.70. The summed E-state index contributed by atoms with van der Waals surface area (Å²) in [6.07, 6.45) is 14.8. The highest BCUT2D eigenvalue weighted by Crippen LogP contribution is 2.67. The van der Waals surface area contributed by atoms with E-state index in [4.69, 9.17) is 24.9 Å². The number of allylic oxidation sites excluding steroid dienone is 5. The Hall–Kier alpha value is -2.86. The fourth-order valence-electron chi connectivity index (χ4n) is 5.43. The minimum absolute atomic E-state index is 0.239. The first-order valence-electron chi connectivity index (χ1n) is 10.1. The summed E-state index contributed by atoms with van der Waals surface area (Å²) in [4.78, 5) is 9.28. The Labute approximate surface area is 169 Å². The van der Waals surface area contributed by atoms with Crippen molar-refractivity contribution >= 4 is 17.8 Å². The van der Waals surface area contributed by atoms with E-state index in [1.165, 1.54) is 0 Å². The number of nitrogens with two attached hydrogens (primary N) is 1. The van der Waals surface area contributed by atoms with E-state index in [0.717, 1.165) is 41.7 Å². The van der Waals surface area contributed by atoms with Gasteiger partial charge in [0.05, 0.1) is 18.6 Å². The molecule has 1 aromatic carbocycles. The number of rotatable bonds is 1. The molecule has 3 spiro atoms. The Morgan fingerprint density at radius 1 is 1.03 bits per heavy atom. The van der Waals surface area contributed by atoms with Gasteiger partial charge in [-0.2, -0.15) is 0 Å². The molecule has 148 valence electrons. The first-order chi connectivity index (χ1) is 14.2. The lowest BCUT2D eigenvalue weighted by atomic mass is 9.49. The van der Waals surface area contributed by atoms with E-state index in [-0.39, 0.29) is 17.0 Å². The molecule has 1 aliphatic carbocycles. The van der Waals surface area contributed by atoms with Gasteiger partial charge in [-0.25, -0.2) is 4.99 Å². The van der Waals surface area contributed by atoms with Crippen molar-refractivity contribution < 1.29 is 14.2 Å². The summed E-state index contributed by atoms with van der Waals surface area (Å²) >= 11 is 0.